The highest BCUT2D eigenvalue weighted by molar-refractivity contribution is 9.10. The average molecular weight is 407 g/mol. The van der Waals surface area contributed by atoms with Gasteiger partial charge in [-0.25, -0.2) is 0 Å². The molecule has 3 rings (SSSR count). The molecule has 0 spiro atoms. The summed E-state index contributed by atoms with van der Waals surface area (Å²) in [7, 11) is 0. The smallest absolute Gasteiger partial charge is 0.257 e. The number of carbonyl (C=O) groups is 1. The van der Waals surface area contributed by atoms with Crippen LogP contribution in [0.3, 0.4) is 0 Å². The van der Waals surface area contributed by atoms with Crippen LogP contribution in [0.4, 0.5) is 5.69 Å². The van der Waals surface area contributed by atoms with Crippen LogP contribution in [0, 0.1) is 6.92 Å². The summed E-state index contributed by atoms with van der Waals surface area (Å²) in [6, 6.07) is 10.9. The van der Waals surface area contributed by atoms with Gasteiger partial charge in [-0.1, -0.05) is 22.0 Å². The molecule has 0 aliphatic rings. The second-order valence-corrected chi connectivity index (χ2v) is 6.66. The third kappa shape index (κ3) is 3.54. The van der Waals surface area contributed by atoms with Gasteiger partial charge in [-0.3, -0.25) is 10.1 Å². The molecule has 23 heavy (non-hydrogen) atoms. The van der Waals surface area contributed by atoms with E-state index >= 15 is 0 Å². The zero-order valence-corrected chi connectivity index (χ0v) is 15.2. The van der Waals surface area contributed by atoms with Crippen molar-refractivity contribution in [3.63, 3.8) is 0 Å². The third-order valence-corrected chi connectivity index (χ3v) is 4.48. The van der Waals surface area contributed by atoms with E-state index in [4.69, 9.17) is 12.2 Å². The molecule has 5 nitrogen and oxygen atoms in total. The number of hydrogen-bond acceptors (Lipinski definition) is 5. The third-order valence-electron chi connectivity index (χ3n) is 3.21. The molecule has 0 atom stereocenters. The molecular weight excluding hydrogens is 396 g/mol. The average Bonchev–Trinajstić information content (AvgIpc) is 2.99. The molecule has 0 radical (unpaired) electrons. The summed E-state index contributed by atoms with van der Waals surface area (Å²) >= 11 is 9.71. The minimum absolute atomic E-state index is 0.224. The predicted octanol–water partition coefficient (Wildman–Crippen LogP) is 3.89. The van der Waals surface area contributed by atoms with Crippen LogP contribution in [-0.4, -0.2) is 19.8 Å². The van der Waals surface area contributed by atoms with Gasteiger partial charge in [-0.15, -0.1) is 0 Å². The summed E-state index contributed by atoms with van der Waals surface area (Å²) in [6.07, 6.45) is 0. The molecule has 0 aliphatic carbocycles. The number of nitrogens with one attached hydrogen (secondary N) is 2. The van der Waals surface area contributed by atoms with E-state index in [-0.39, 0.29) is 11.0 Å². The zero-order chi connectivity index (χ0) is 16.4. The first-order valence-electron chi connectivity index (χ1n) is 6.64. The first kappa shape index (κ1) is 16.0. The topological polar surface area (TPSA) is 66.9 Å². The number of benzene rings is 2. The Morgan fingerprint density at radius 1 is 1.17 bits per heavy atom. The maximum Gasteiger partial charge on any atom is 0.257 e. The molecule has 2 N–H and O–H groups in total. The minimum atomic E-state index is -0.267. The number of halogens is 1. The first-order chi connectivity index (χ1) is 11.0. The summed E-state index contributed by atoms with van der Waals surface area (Å²) in [5, 5.41) is 5.94. The Hall–Kier alpha value is -1.90. The van der Waals surface area contributed by atoms with E-state index < -0.39 is 0 Å². The molecule has 0 bridgehead atoms. The number of aromatic nitrogens is 2. The highest BCUT2D eigenvalue weighted by Gasteiger charge is 2.12. The standard InChI is InChI=1S/C15H11BrN4OS2/c1-8-2-7-11-13(20-23-19-11)12(8)17-15(22)18-14(21)9-3-5-10(16)6-4-9/h2-7H,1H3,(H2,17,18,21,22). The Morgan fingerprint density at radius 3 is 2.65 bits per heavy atom. The molecule has 1 amide bonds. The van der Waals surface area contributed by atoms with Crippen molar-refractivity contribution in [2.45, 2.75) is 6.92 Å². The van der Waals surface area contributed by atoms with Gasteiger partial charge in [-0.05, 0) is 55.0 Å². The number of hydrogen-bond donors (Lipinski definition) is 2. The van der Waals surface area contributed by atoms with Crippen molar-refractivity contribution in [2.75, 3.05) is 5.32 Å². The predicted molar refractivity (Wildman–Crippen MR) is 100.0 cm³/mol. The maximum atomic E-state index is 12.2. The van der Waals surface area contributed by atoms with Gasteiger partial charge in [0, 0.05) is 10.0 Å². The molecule has 8 heteroatoms. The molecule has 1 heterocycles. The SMILES string of the molecule is Cc1ccc2nsnc2c1NC(=S)NC(=O)c1ccc(Br)cc1. The number of nitrogens with zero attached hydrogens (tertiary/aromatic N) is 2. The van der Waals surface area contributed by atoms with Gasteiger partial charge in [0.15, 0.2) is 5.11 Å². The number of anilines is 1. The summed E-state index contributed by atoms with van der Waals surface area (Å²) in [4.78, 5) is 12.2. The van der Waals surface area contributed by atoms with Gasteiger partial charge in [0.05, 0.1) is 17.4 Å². The van der Waals surface area contributed by atoms with Gasteiger partial charge in [0.1, 0.15) is 11.0 Å². The molecule has 0 saturated carbocycles. The van der Waals surface area contributed by atoms with Crippen LogP contribution < -0.4 is 10.6 Å². The minimum Gasteiger partial charge on any atom is -0.330 e. The molecule has 3 aromatic rings. The van der Waals surface area contributed by atoms with Crippen LogP contribution in [0.1, 0.15) is 15.9 Å². The van der Waals surface area contributed by atoms with Crippen molar-refractivity contribution in [1.29, 1.82) is 0 Å². The van der Waals surface area contributed by atoms with Crippen LogP contribution in [-0.2, 0) is 0 Å². The zero-order valence-electron chi connectivity index (χ0n) is 12.0. The molecule has 0 unspecified atom stereocenters. The molecule has 116 valence electrons. The lowest BCUT2D eigenvalue weighted by Crippen LogP contribution is -2.34. The second-order valence-electron chi connectivity index (χ2n) is 4.80. The number of thiocarbonyl (C=S) groups is 1. The first-order valence-corrected chi connectivity index (χ1v) is 8.57. The Kier molecular flexibility index (Phi) is 4.65. The molecule has 0 saturated heterocycles. The molecule has 2 aromatic carbocycles. The summed E-state index contributed by atoms with van der Waals surface area (Å²) < 4.78 is 9.38. The van der Waals surface area contributed by atoms with E-state index in [9.17, 15) is 4.79 Å². The fraction of sp³-hybridized carbons (Fsp3) is 0.0667. The summed E-state index contributed by atoms with van der Waals surface area (Å²) in [5.41, 5.74) is 3.81. The van der Waals surface area contributed by atoms with E-state index in [1.54, 1.807) is 24.3 Å². The van der Waals surface area contributed by atoms with Crippen molar-refractivity contribution in [3.05, 3.63) is 52.0 Å². The van der Waals surface area contributed by atoms with Crippen molar-refractivity contribution in [3.8, 4) is 0 Å². The monoisotopic (exact) mass is 406 g/mol. The van der Waals surface area contributed by atoms with Crippen LogP contribution in [0.25, 0.3) is 11.0 Å². The Morgan fingerprint density at radius 2 is 1.91 bits per heavy atom. The van der Waals surface area contributed by atoms with Crippen molar-refractivity contribution >= 4 is 67.6 Å². The largest absolute Gasteiger partial charge is 0.330 e. The van der Waals surface area contributed by atoms with Crippen LogP contribution >= 0.6 is 39.9 Å². The Labute approximate surface area is 150 Å². The van der Waals surface area contributed by atoms with Crippen molar-refractivity contribution in [1.82, 2.24) is 14.1 Å². The number of rotatable bonds is 2. The fourth-order valence-electron chi connectivity index (χ4n) is 2.03. The summed E-state index contributed by atoms with van der Waals surface area (Å²) in [6.45, 7) is 1.94. The number of fused-ring (bicyclic) bond motifs is 1. The highest BCUT2D eigenvalue weighted by Crippen LogP contribution is 2.25. The molecule has 0 aliphatic heterocycles. The number of aryl methyl sites for hydroxylation is 1. The summed E-state index contributed by atoms with van der Waals surface area (Å²) in [5.74, 6) is -0.267. The van der Waals surface area contributed by atoms with Gasteiger partial charge in [-0.2, -0.15) is 8.75 Å². The quantitative estimate of drug-likeness (QED) is 0.631. The van der Waals surface area contributed by atoms with Gasteiger partial charge in [0.2, 0.25) is 0 Å². The lowest BCUT2D eigenvalue weighted by atomic mass is 10.1. The lowest BCUT2D eigenvalue weighted by Gasteiger charge is -2.12. The fourth-order valence-corrected chi connectivity index (χ4v) is 3.03. The second kappa shape index (κ2) is 6.69. The van der Waals surface area contributed by atoms with E-state index in [0.29, 0.717) is 5.56 Å². The molecule has 0 fully saturated rings. The van der Waals surface area contributed by atoms with E-state index in [1.807, 2.05) is 19.1 Å². The van der Waals surface area contributed by atoms with Crippen molar-refractivity contribution in [2.24, 2.45) is 0 Å². The van der Waals surface area contributed by atoms with Crippen LogP contribution in [0.2, 0.25) is 0 Å². The van der Waals surface area contributed by atoms with Gasteiger partial charge in [0.25, 0.3) is 5.91 Å². The molecular formula is C15H11BrN4OS2. The maximum absolute atomic E-state index is 12.2. The van der Waals surface area contributed by atoms with E-state index in [0.717, 1.165) is 38.5 Å². The number of amides is 1. The lowest BCUT2D eigenvalue weighted by molar-refractivity contribution is 0.0977. The van der Waals surface area contributed by atoms with Gasteiger partial charge >= 0.3 is 0 Å². The highest BCUT2D eigenvalue weighted by atomic mass is 79.9. The van der Waals surface area contributed by atoms with Gasteiger partial charge < -0.3 is 5.32 Å². The van der Waals surface area contributed by atoms with Crippen LogP contribution in [0.15, 0.2) is 40.9 Å². The Bertz CT molecular complexity index is 892. The van der Waals surface area contributed by atoms with Crippen LogP contribution in [0.5, 0.6) is 0 Å². The Balaban J connectivity index is 1.76. The molecule has 1 aromatic heterocycles. The number of carbonyl (C=O) groups excluding carboxylic acids is 1. The van der Waals surface area contributed by atoms with E-state index in [1.165, 1.54) is 0 Å². The van der Waals surface area contributed by atoms with E-state index in [2.05, 4.69) is 35.3 Å². The van der Waals surface area contributed by atoms with Crippen molar-refractivity contribution < 1.29 is 4.79 Å². The normalized spacial score (nSPS) is 10.5.